The molecule has 0 aromatic heterocycles. The van der Waals surface area contributed by atoms with Gasteiger partial charge in [0.25, 0.3) is 0 Å². The van der Waals surface area contributed by atoms with Crippen LogP contribution < -0.4 is 5.32 Å². The summed E-state index contributed by atoms with van der Waals surface area (Å²) >= 11 is 0. The van der Waals surface area contributed by atoms with Crippen LogP contribution in [0, 0.1) is 0 Å². The number of aliphatic carboxylic acids is 1. The second kappa shape index (κ2) is 5.73. The highest BCUT2D eigenvalue weighted by Gasteiger charge is 2.24. The molecule has 102 valence electrons. The summed E-state index contributed by atoms with van der Waals surface area (Å²) in [5.74, 6) is -0.992. The molecule has 1 atom stereocenters. The van der Waals surface area contributed by atoms with Crippen LogP contribution in [0.25, 0.3) is 0 Å². The molecule has 1 aliphatic heterocycles. The van der Waals surface area contributed by atoms with Gasteiger partial charge in [0.2, 0.25) is 0 Å². The highest BCUT2D eigenvalue weighted by atomic mass is 16.4. The van der Waals surface area contributed by atoms with Crippen LogP contribution >= 0.6 is 0 Å². The van der Waals surface area contributed by atoms with E-state index in [-0.39, 0.29) is 6.03 Å². The van der Waals surface area contributed by atoms with Gasteiger partial charge in [0.1, 0.15) is 6.04 Å². The number of carbonyl (C=O) groups excluding carboxylic acids is 1. The maximum absolute atomic E-state index is 12.0. The van der Waals surface area contributed by atoms with Crippen molar-refractivity contribution in [3.05, 3.63) is 35.4 Å². The van der Waals surface area contributed by atoms with E-state index in [1.807, 2.05) is 18.2 Å². The minimum Gasteiger partial charge on any atom is -0.480 e. The Morgan fingerprint density at radius 1 is 1.37 bits per heavy atom. The number of hydrogen-bond donors (Lipinski definition) is 2. The molecule has 2 rings (SSSR count). The van der Waals surface area contributed by atoms with Crippen molar-refractivity contribution in [3.8, 4) is 0 Å². The van der Waals surface area contributed by atoms with Gasteiger partial charge in [0.15, 0.2) is 0 Å². The molecule has 2 amide bonds. The molecule has 0 aliphatic carbocycles. The summed E-state index contributed by atoms with van der Waals surface area (Å²) in [6.07, 6.45) is 1.19. The first-order chi connectivity index (χ1) is 9.11. The highest BCUT2D eigenvalue weighted by Crippen LogP contribution is 2.18. The molecule has 19 heavy (non-hydrogen) atoms. The van der Waals surface area contributed by atoms with Crippen molar-refractivity contribution in [2.24, 2.45) is 0 Å². The van der Waals surface area contributed by atoms with Crippen molar-refractivity contribution in [1.29, 1.82) is 0 Å². The monoisotopic (exact) mass is 262 g/mol. The van der Waals surface area contributed by atoms with E-state index in [0.717, 1.165) is 12.0 Å². The molecule has 2 N–H and O–H groups in total. The first-order valence-corrected chi connectivity index (χ1v) is 6.47. The van der Waals surface area contributed by atoms with Gasteiger partial charge in [0, 0.05) is 13.1 Å². The maximum Gasteiger partial charge on any atom is 0.326 e. The molecular formula is C14H18N2O3. The second-order valence-corrected chi connectivity index (χ2v) is 4.69. The summed E-state index contributed by atoms with van der Waals surface area (Å²) in [6.45, 7) is 2.90. The lowest BCUT2D eigenvalue weighted by atomic mass is 10.0. The zero-order valence-corrected chi connectivity index (χ0v) is 10.9. The van der Waals surface area contributed by atoms with Crippen molar-refractivity contribution < 1.29 is 14.7 Å². The van der Waals surface area contributed by atoms with Crippen LogP contribution in [0.2, 0.25) is 0 Å². The summed E-state index contributed by atoms with van der Waals surface area (Å²) in [5.41, 5.74) is 2.39. The van der Waals surface area contributed by atoms with Crippen molar-refractivity contribution in [3.63, 3.8) is 0 Å². The molecule has 0 radical (unpaired) electrons. The Balaban J connectivity index is 2.01. The molecule has 1 aromatic rings. The number of fused-ring (bicyclic) bond motifs is 1. The van der Waals surface area contributed by atoms with E-state index in [2.05, 4.69) is 11.4 Å². The largest absolute Gasteiger partial charge is 0.480 e. The Bertz CT molecular complexity index is 487. The third-order valence-electron chi connectivity index (χ3n) is 3.42. The van der Waals surface area contributed by atoms with Crippen LogP contribution in [0.5, 0.6) is 0 Å². The average Bonchev–Trinajstić information content (AvgIpc) is 2.43. The van der Waals surface area contributed by atoms with Gasteiger partial charge < -0.3 is 15.3 Å². The summed E-state index contributed by atoms with van der Waals surface area (Å²) in [7, 11) is 0. The lowest BCUT2D eigenvalue weighted by molar-refractivity contribution is -0.139. The Kier molecular flexibility index (Phi) is 4.04. The first kappa shape index (κ1) is 13.4. The Morgan fingerprint density at radius 3 is 2.68 bits per heavy atom. The number of benzene rings is 1. The number of hydrogen-bond acceptors (Lipinski definition) is 2. The summed E-state index contributed by atoms with van der Waals surface area (Å²) in [4.78, 5) is 24.6. The van der Waals surface area contributed by atoms with Gasteiger partial charge in [-0.3, -0.25) is 0 Å². The van der Waals surface area contributed by atoms with Crippen molar-refractivity contribution in [1.82, 2.24) is 10.2 Å². The van der Waals surface area contributed by atoms with Gasteiger partial charge in [-0.15, -0.1) is 0 Å². The third-order valence-corrected chi connectivity index (χ3v) is 3.42. The number of carboxylic acid groups (broad SMARTS) is 1. The number of carboxylic acids is 1. The van der Waals surface area contributed by atoms with Crippen LogP contribution in [-0.4, -0.2) is 34.6 Å². The molecule has 0 saturated carbocycles. The molecule has 5 nitrogen and oxygen atoms in total. The van der Waals surface area contributed by atoms with Gasteiger partial charge in [-0.2, -0.15) is 0 Å². The normalized spacial score (nSPS) is 15.5. The molecule has 0 bridgehead atoms. The van der Waals surface area contributed by atoms with Gasteiger partial charge >= 0.3 is 12.0 Å². The molecule has 0 fully saturated rings. The van der Waals surface area contributed by atoms with Crippen molar-refractivity contribution >= 4 is 12.0 Å². The zero-order chi connectivity index (χ0) is 13.8. The van der Waals surface area contributed by atoms with Crippen molar-refractivity contribution in [2.75, 3.05) is 6.54 Å². The van der Waals surface area contributed by atoms with E-state index in [9.17, 15) is 9.59 Å². The fraction of sp³-hybridized carbons (Fsp3) is 0.429. The molecule has 1 heterocycles. The van der Waals surface area contributed by atoms with Crippen LogP contribution in [0.3, 0.4) is 0 Å². The van der Waals surface area contributed by atoms with Gasteiger partial charge in [0.05, 0.1) is 0 Å². The van der Waals surface area contributed by atoms with Crippen LogP contribution in [0.1, 0.15) is 24.5 Å². The molecule has 0 spiro atoms. The second-order valence-electron chi connectivity index (χ2n) is 4.69. The number of nitrogens with one attached hydrogen (secondary N) is 1. The first-order valence-electron chi connectivity index (χ1n) is 6.47. The van der Waals surface area contributed by atoms with Crippen LogP contribution in [-0.2, 0) is 17.8 Å². The van der Waals surface area contributed by atoms with Gasteiger partial charge in [-0.05, 0) is 24.0 Å². The molecule has 0 saturated heterocycles. The quantitative estimate of drug-likeness (QED) is 0.869. The fourth-order valence-corrected chi connectivity index (χ4v) is 2.25. The number of urea groups is 1. The minimum atomic E-state index is -0.992. The van der Waals surface area contributed by atoms with Crippen LogP contribution in [0.15, 0.2) is 24.3 Å². The number of rotatable bonds is 3. The Hall–Kier alpha value is -2.04. The highest BCUT2D eigenvalue weighted by molar-refractivity contribution is 5.82. The maximum atomic E-state index is 12.0. The molecule has 0 unspecified atom stereocenters. The number of nitrogens with zero attached hydrogens (tertiary/aromatic N) is 1. The van der Waals surface area contributed by atoms with Crippen molar-refractivity contribution in [2.45, 2.75) is 32.4 Å². The Morgan fingerprint density at radius 2 is 2.05 bits per heavy atom. The number of carbonyl (C=O) groups is 2. The van der Waals surface area contributed by atoms with E-state index in [1.54, 1.807) is 11.8 Å². The minimum absolute atomic E-state index is 0.302. The molecule has 1 aromatic carbocycles. The standard InChI is InChI=1S/C14H18N2O3/c1-2-12(13(17)18)15-14(19)16-8-7-10-5-3-4-6-11(10)9-16/h3-6,12H,2,7-9H2,1H3,(H,15,19)(H,17,18)/t12-/m0/s1. The smallest absolute Gasteiger partial charge is 0.326 e. The third kappa shape index (κ3) is 3.05. The van der Waals surface area contributed by atoms with E-state index < -0.39 is 12.0 Å². The summed E-state index contributed by atoms with van der Waals surface area (Å²) in [5, 5.41) is 11.5. The van der Waals surface area contributed by atoms with E-state index in [0.29, 0.717) is 19.5 Å². The fourth-order valence-electron chi connectivity index (χ4n) is 2.25. The lowest BCUT2D eigenvalue weighted by Gasteiger charge is -2.29. The topological polar surface area (TPSA) is 69.6 Å². The molecule has 1 aliphatic rings. The molecular weight excluding hydrogens is 244 g/mol. The lowest BCUT2D eigenvalue weighted by Crippen LogP contribution is -2.49. The van der Waals surface area contributed by atoms with E-state index >= 15 is 0 Å². The van der Waals surface area contributed by atoms with Gasteiger partial charge in [-0.25, -0.2) is 9.59 Å². The van der Waals surface area contributed by atoms with Gasteiger partial charge in [-0.1, -0.05) is 31.2 Å². The predicted octanol–water partition coefficient (Wildman–Crippen LogP) is 1.62. The SMILES string of the molecule is CC[C@H](NC(=O)N1CCc2ccccc2C1)C(=O)O. The zero-order valence-electron chi connectivity index (χ0n) is 10.9. The molecule has 5 heteroatoms. The predicted molar refractivity (Wildman–Crippen MR) is 70.8 cm³/mol. The van der Waals surface area contributed by atoms with E-state index in [1.165, 1.54) is 5.56 Å². The van der Waals surface area contributed by atoms with Crippen LogP contribution in [0.4, 0.5) is 4.79 Å². The Labute approximate surface area is 112 Å². The average molecular weight is 262 g/mol. The van der Waals surface area contributed by atoms with E-state index in [4.69, 9.17) is 5.11 Å². The summed E-state index contributed by atoms with van der Waals surface area (Å²) in [6, 6.07) is 6.90. The summed E-state index contributed by atoms with van der Waals surface area (Å²) < 4.78 is 0. The number of amides is 2.